The molecule has 2 aromatic heterocycles. The Labute approximate surface area is 155 Å². The Morgan fingerprint density at radius 1 is 1.15 bits per heavy atom. The van der Waals surface area contributed by atoms with E-state index in [0.717, 1.165) is 25.4 Å². The number of aromatic nitrogens is 1. The Balaban J connectivity index is 1.57. The monoisotopic (exact) mass is 348 g/mol. The van der Waals surface area contributed by atoms with E-state index in [1.54, 1.807) is 11.8 Å². The topological polar surface area (TPSA) is 32.2 Å². The van der Waals surface area contributed by atoms with E-state index < -0.39 is 0 Å². The molecule has 1 aromatic carbocycles. The molecule has 1 aliphatic heterocycles. The minimum Gasteiger partial charge on any atom is -0.472 e. The Morgan fingerprint density at radius 2 is 2.04 bits per heavy atom. The van der Waals surface area contributed by atoms with Gasteiger partial charge in [0.25, 0.3) is 0 Å². The standard InChI is InChI=1S/C23H28N2O/c1-16-7-8-21-20(13-16)19-9-11-25(14-17-10-12-26-15-17)23(22(19)24-21)18-5-3-2-4-6-18/h7-8,10,12-13,15,18,23-24H,2-6,9,11,14H2,1H3. The van der Waals surface area contributed by atoms with Crippen molar-refractivity contribution in [2.24, 2.45) is 5.92 Å². The number of furan rings is 1. The fraction of sp³-hybridized carbons (Fsp3) is 0.478. The van der Waals surface area contributed by atoms with E-state index in [2.05, 4.69) is 41.1 Å². The summed E-state index contributed by atoms with van der Waals surface area (Å²) in [4.78, 5) is 6.53. The van der Waals surface area contributed by atoms with Gasteiger partial charge in [-0.1, -0.05) is 30.9 Å². The van der Waals surface area contributed by atoms with E-state index in [1.165, 1.54) is 59.8 Å². The molecule has 0 amide bonds. The van der Waals surface area contributed by atoms with Gasteiger partial charge in [-0.3, -0.25) is 4.90 Å². The number of fused-ring (bicyclic) bond motifs is 3. The Kier molecular flexibility index (Phi) is 4.12. The van der Waals surface area contributed by atoms with E-state index >= 15 is 0 Å². The molecule has 1 N–H and O–H groups in total. The van der Waals surface area contributed by atoms with Crippen molar-refractivity contribution in [2.45, 2.75) is 58.0 Å². The van der Waals surface area contributed by atoms with Crippen molar-refractivity contribution < 1.29 is 4.42 Å². The summed E-state index contributed by atoms with van der Waals surface area (Å²) in [7, 11) is 0. The third-order valence-electron chi connectivity index (χ3n) is 6.49. The van der Waals surface area contributed by atoms with Gasteiger partial charge in [0.05, 0.1) is 18.6 Å². The molecule has 1 saturated carbocycles. The summed E-state index contributed by atoms with van der Waals surface area (Å²) in [6, 6.07) is 9.49. The molecule has 1 fully saturated rings. The van der Waals surface area contributed by atoms with Crippen LogP contribution >= 0.6 is 0 Å². The number of hydrogen-bond donors (Lipinski definition) is 1. The SMILES string of the molecule is Cc1ccc2[nH]c3c(c2c1)CCN(Cc1ccoc1)C3C1CCCCC1. The van der Waals surface area contributed by atoms with Crippen LogP contribution in [-0.2, 0) is 13.0 Å². The molecule has 3 nitrogen and oxygen atoms in total. The maximum absolute atomic E-state index is 5.33. The summed E-state index contributed by atoms with van der Waals surface area (Å²) < 4.78 is 5.33. The maximum atomic E-state index is 5.33. The lowest BCUT2D eigenvalue weighted by Crippen LogP contribution is -2.39. The van der Waals surface area contributed by atoms with Gasteiger partial charge in [0.1, 0.15) is 0 Å². The largest absolute Gasteiger partial charge is 0.472 e. The summed E-state index contributed by atoms with van der Waals surface area (Å²) in [6.07, 6.45) is 11.7. The number of H-pyrrole nitrogens is 1. The van der Waals surface area contributed by atoms with Crippen LogP contribution in [0.3, 0.4) is 0 Å². The minimum absolute atomic E-state index is 0.515. The Bertz CT molecular complexity index is 886. The van der Waals surface area contributed by atoms with Crippen LogP contribution in [0.4, 0.5) is 0 Å². The number of hydrogen-bond acceptors (Lipinski definition) is 2. The van der Waals surface area contributed by atoms with Crippen molar-refractivity contribution in [2.75, 3.05) is 6.54 Å². The highest BCUT2D eigenvalue weighted by Gasteiger charge is 2.36. The molecule has 1 unspecified atom stereocenters. The van der Waals surface area contributed by atoms with Gasteiger partial charge < -0.3 is 9.40 Å². The molecule has 1 atom stereocenters. The first-order valence-electron chi connectivity index (χ1n) is 10.2. The van der Waals surface area contributed by atoms with Crippen LogP contribution in [0.15, 0.2) is 41.2 Å². The van der Waals surface area contributed by atoms with Gasteiger partial charge >= 0.3 is 0 Å². The lowest BCUT2D eigenvalue weighted by molar-refractivity contribution is 0.0972. The van der Waals surface area contributed by atoms with Gasteiger partial charge in [-0.25, -0.2) is 0 Å². The molecule has 0 radical (unpaired) electrons. The van der Waals surface area contributed by atoms with Crippen LogP contribution in [0.5, 0.6) is 0 Å². The second-order valence-corrected chi connectivity index (χ2v) is 8.26. The van der Waals surface area contributed by atoms with Crippen molar-refractivity contribution in [1.29, 1.82) is 0 Å². The predicted molar refractivity (Wildman–Crippen MR) is 105 cm³/mol. The van der Waals surface area contributed by atoms with Gasteiger partial charge in [0.2, 0.25) is 0 Å². The fourth-order valence-electron chi connectivity index (χ4n) is 5.26. The van der Waals surface area contributed by atoms with E-state index in [0.29, 0.717) is 6.04 Å². The van der Waals surface area contributed by atoms with E-state index in [1.807, 2.05) is 6.26 Å². The van der Waals surface area contributed by atoms with Crippen LogP contribution in [-0.4, -0.2) is 16.4 Å². The number of nitrogens with one attached hydrogen (secondary N) is 1. The molecule has 0 saturated heterocycles. The number of benzene rings is 1. The number of aryl methyl sites for hydroxylation is 1. The average molecular weight is 348 g/mol. The molecular formula is C23H28N2O. The lowest BCUT2D eigenvalue weighted by Gasteiger charge is -2.41. The van der Waals surface area contributed by atoms with Gasteiger partial charge in [-0.05, 0) is 55.9 Å². The van der Waals surface area contributed by atoms with Crippen LogP contribution in [0, 0.1) is 12.8 Å². The van der Waals surface area contributed by atoms with E-state index in [9.17, 15) is 0 Å². The molecule has 3 heteroatoms. The summed E-state index contributed by atoms with van der Waals surface area (Å²) in [5.41, 5.74) is 7.03. The quantitative estimate of drug-likeness (QED) is 0.653. The van der Waals surface area contributed by atoms with Crippen molar-refractivity contribution in [3.63, 3.8) is 0 Å². The Hall–Kier alpha value is -2.00. The normalized spacial score (nSPS) is 22.0. The van der Waals surface area contributed by atoms with E-state index in [4.69, 9.17) is 4.42 Å². The second kappa shape index (κ2) is 6.62. The zero-order valence-electron chi connectivity index (χ0n) is 15.6. The lowest BCUT2D eigenvalue weighted by atomic mass is 9.79. The number of rotatable bonds is 3. The first kappa shape index (κ1) is 16.2. The summed E-state index contributed by atoms with van der Waals surface area (Å²) >= 11 is 0. The molecule has 2 aliphatic rings. The van der Waals surface area contributed by atoms with Crippen LogP contribution in [0.25, 0.3) is 10.9 Å². The summed E-state index contributed by atoms with van der Waals surface area (Å²) in [5.74, 6) is 0.767. The minimum atomic E-state index is 0.515. The zero-order valence-corrected chi connectivity index (χ0v) is 15.6. The van der Waals surface area contributed by atoms with E-state index in [-0.39, 0.29) is 0 Å². The van der Waals surface area contributed by atoms with Crippen LogP contribution in [0.1, 0.15) is 60.5 Å². The van der Waals surface area contributed by atoms with Gasteiger partial charge in [0.15, 0.2) is 0 Å². The smallest absolute Gasteiger partial charge is 0.0947 e. The molecule has 1 aliphatic carbocycles. The molecule has 0 bridgehead atoms. The maximum Gasteiger partial charge on any atom is 0.0947 e. The molecule has 3 heterocycles. The van der Waals surface area contributed by atoms with Crippen molar-refractivity contribution in [3.8, 4) is 0 Å². The predicted octanol–water partition coefficient (Wildman–Crippen LogP) is 5.75. The first-order chi connectivity index (χ1) is 12.8. The molecule has 5 rings (SSSR count). The summed E-state index contributed by atoms with van der Waals surface area (Å²) in [6.45, 7) is 4.33. The number of aromatic amines is 1. The van der Waals surface area contributed by atoms with Crippen molar-refractivity contribution in [3.05, 3.63) is 59.2 Å². The van der Waals surface area contributed by atoms with Crippen molar-refractivity contribution in [1.82, 2.24) is 9.88 Å². The molecule has 0 spiro atoms. The molecular weight excluding hydrogens is 320 g/mol. The zero-order chi connectivity index (χ0) is 17.5. The third-order valence-corrected chi connectivity index (χ3v) is 6.49. The fourth-order valence-corrected chi connectivity index (χ4v) is 5.26. The van der Waals surface area contributed by atoms with Gasteiger partial charge in [0, 0.05) is 35.2 Å². The first-order valence-corrected chi connectivity index (χ1v) is 10.2. The molecule has 136 valence electrons. The van der Waals surface area contributed by atoms with Crippen LogP contribution in [0.2, 0.25) is 0 Å². The van der Waals surface area contributed by atoms with Crippen molar-refractivity contribution >= 4 is 10.9 Å². The van der Waals surface area contributed by atoms with Gasteiger partial charge in [-0.15, -0.1) is 0 Å². The highest BCUT2D eigenvalue weighted by Crippen LogP contribution is 2.44. The highest BCUT2D eigenvalue weighted by atomic mass is 16.3. The van der Waals surface area contributed by atoms with Crippen LogP contribution < -0.4 is 0 Å². The summed E-state index contributed by atoms with van der Waals surface area (Å²) in [5, 5.41) is 1.45. The highest BCUT2D eigenvalue weighted by molar-refractivity contribution is 5.85. The molecule has 26 heavy (non-hydrogen) atoms. The Morgan fingerprint density at radius 3 is 2.85 bits per heavy atom. The van der Waals surface area contributed by atoms with Gasteiger partial charge in [-0.2, -0.15) is 0 Å². The number of nitrogens with zero attached hydrogens (tertiary/aromatic N) is 1. The average Bonchev–Trinajstić information content (AvgIpc) is 3.29. The third kappa shape index (κ3) is 2.79. The second-order valence-electron chi connectivity index (χ2n) is 8.26. The molecule has 3 aromatic rings.